The van der Waals surface area contributed by atoms with Crippen LogP contribution in [0, 0.1) is 0 Å². The number of hydrogen-bond donors (Lipinski definition) is 0. The average molecular weight is 202 g/mol. The van der Waals surface area contributed by atoms with Crippen molar-refractivity contribution < 1.29 is 0 Å². The molecular weight excluding hydrogens is 180 g/mol. The minimum Gasteiger partial charge on any atom is -0.0842 e. The van der Waals surface area contributed by atoms with Crippen LogP contribution in [0.5, 0.6) is 0 Å². The zero-order valence-electron chi connectivity index (χ0n) is 10.2. The monoisotopic (exact) mass is 202 g/mol. The van der Waals surface area contributed by atoms with Gasteiger partial charge in [-0.15, -0.1) is 0 Å². The van der Waals surface area contributed by atoms with Gasteiger partial charge in [0.05, 0.1) is 0 Å². The Bertz CT molecular complexity index is 311. The molecule has 0 saturated carbocycles. The van der Waals surface area contributed by atoms with E-state index in [1.54, 1.807) is 0 Å². The van der Waals surface area contributed by atoms with Gasteiger partial charge in [-0.05, 0) is 43.8 Å². The summed E-state index contributed by atoms with van der Waals surface area (Å²) in [5.74, 6) is 0. The van der Waals surface area contributed by atoms with Crippen molar-refractivity contribution in [2.45, 2.75) is 46.5 Å². The fraction of sp³-hybridized carbons (Fsp3) is 0.467. The first kappa shape index (κ1) is 12.0. The van der Waals surface area contributed by atoms with Crippen LogP contribution in [0.15, 0.2) is 47.1 Å². The summed E-state index contributed by atoms with van der Waals surface area (Å²) in [6, 6.07) is 0. The fourth-order valence-corrected chi connectivity index (χ4v) is 1.68. The van der Waals surface area contributed by atoms with Crippen LogP contribution in [0.3, 0.4) is 0 Å². The highest BCUT2D eigenvalue weighted by Gasteiger charge is 2.03. The Hall–Kier alpha value is -1.04. The molecule has 0 spiro atoms. The molecule has 0 aliphatic heterocycles. The Morgan fingerprint density at radius 3 is 2.60 bits per heavy atom. The van der Waals surface area contributed by atoms with Crippen LogP contribution in [0.25, 0.3) is 0 Å². The molecule has 1 aliphatic rings. The normalized spacial score (nSPS) is 17.9. The van der Waals surface area contributed by atoms with Crippen LogP contribution < -0.4 is 0 Å². The molecule has 82 valence electrons. The van der Waals surface area contributed by atoms with Crippen molar-refractivity contribution in [3.05, 3.63) is 47.1 Å². The van der Waals surface area contributed by atoms with Gasteiger partial charge in [-0.3, -0.25) is 0 Å². The van der Waals surface area contributed by atoms with E-state index in [0.717, 1.165) is 12.8 Å². The van der Waals surface area contributed by atoms with Gasteiger partial charge in [0.2, 0.25) is 0 Å². The van der Waals surface area contributed by atoms with Gasteiger partial charge >= 0.3 is 0 Å². The molecule has 1 rings (SSSR count). The van der Waals surface area contributed by atoms with E-state index in [1.807, 2.05) is 0 Å². The minimum absolute atomic E-state index is 1.13. The molecule has 0 bridgehead atoms. The topological polar surface area (TPSA) is 0 Å². The molecule has 0 N–H and O–H groups in total. The molecule has 0 aromatic heterocycles. The summed E-state index contributed by atoms with van der Waals surface area (Å²) in [5.41, 5.74) is 4.46. The second-order valence-corrected chi connectivity index (χ2v) is 4.07. The summed E-state index contributed by atoms with van der Waals surface area (Å²) in [5, 5.41) is 0. The standard InChI is InChI=1S/C15H22/c1-4-13(3)11-12-14(5-2)15-9-7-6-8-10-15/h6-7,9,11-12H,4-5,8,10H2,1-3H3/b13-11+,14-12+. The van der Waals surface area contributed by atoms with Gasteiger partial charge in [0.15, 0.2) is 0 Å². The molecule has 0 saturated heterocycles. The van der Waals surface area contributed by atoms with Gasteiger partial charge in [-0.1, -0.05) is 49.8 Å². The quantitative estimate of drug-likeness (QED) is 0.565. The number of allylic oxidation sites excluding steroid dienone is 8. The van der Waals surface area contributed by atoms with Gasteiger partial charge in [-0.25, -0.2) is 0 Å². The lowest BCUT2D eigenvalue weighted by molar-refractivity contribution is 0.938. The van der Waals surface area contributed by atoms with Crippen molar-refractivity contribution in [3.63, 3.8) is 0 Å². The van der Waals surface area contributed by atoms with Gasteiger partial charge in [0.25, 0.3) is 0 Å². The molecule has 0 radical (unpaired) electrons. The fourth-order valence-electron chi connectivity index (χ4n) is 1.68. The summed E-state index contributed by atoms with van der Waals surface area (Å²) in [6.07, 6.45) is 15.9. The minimum atomic E-state index is 1.13. The number of hydrogen-bond acceptors (Lipinski definition) is 0. The lowest BCUT2D eigenvalue weighted by Crippen LogP contribution is -1.91. The van der Waals surface area contributed by atoms with E-state index in [1.165, 1.54) is 29.6 Å². The first-order valence-electron chi connectivity index (χ1n) is 6.00. The second kappa shape index (κ2) is 6.44. The maximum atomic E-state index is 2.30. The van der Waals surface area contributed by atoms with Gasteiger partial charge in [-0.2, -0.15) is 0 Å². The molecule has 1 aliphatic carbocycles. The van der Waals surface area contributed by atoms with E-state index in [-0.39, 0.29) is 0 Å². The Labute approximate surface area is 94.1 Å². The zero-order valence-corrected chi connectivity index (χ0v) is 10.2. The van der Waals surface area contributed by atoms with Crippen molar-refractivity contribution in [1.82, 2.24) is 0 Å². The lowest BCUT2D eigenvalue weighted by Gasteiger charge is -2.11. The molecule has 0 atom stereocenters. The maximum Gasteiger partial charge on any atom is -0.0241 e. The predicted octanol–water partition coefficient (Wildman–Crippen LogP) is 4.96. The van der Waals surface area contributed by atoms with Crippen LogP contribution >= 0.6 is 0 Å². The molecule has 0 aromatic rings. The van der Waals surface area contributed by atoms with Crippen LogP contribution in [-0.4, -0.2) is 0 Å². The van der Waals surface area contributed by atoms with E-state index in [4.69, 9.17) is 0 Å². The third-order valence-electron chi connectivity index (χ3n) is 2.93. The van der Waals surface area contributed by atoms with Crippen molar-refractivity contribution in [2.24, 2.45) is 0 Å². The van der Waals surface area contributed by atoms with Gasteiger partial charge in [0, 0.05) is 0 Å². The van der Waals surface area contributed by atoms with Crippen LogP contribution in [-0.2, 0) is 0 Å². The third kappa shape index (κ3) is 3.91. The summed E-state index contributed by atoms with van der Waals surface area (Å²) >= 11 is 0. The van der Waals surface area contributed by atoms with Crippen molar-refractivity contribution in [2.75, 3.05) is 0 Å². The molecule has 0 heterocycles. The van der Waals surface area contributed by atoms with Crippen molar-refractivity contribution >= 4 is 0 Å². The highest BCUT2D eigenvalue weighted by atomic mass is 14.1. The SMILES string of the molecule is CC/C(C)=C/C=C(\CC)C1=CC=CCC1. The van der Waals surface area contributed by atoms with Crippen molar-refractivity contribution in [1.29, 1.82) is 0 Å². The first-order valence-corrected chi connectivity index (χ1v) is 6.00. The van der Waals surface area contributed by atoms with E-state index >= 15 is 0 Å². The van der Waals surface area contributed by atoms with Crippen LogP contribution in [0.2, 0.25) is 0 Å². The zero-order chi connectivity index (χ0) is 11.1. The molecule has 0 amide bonds. The van der Waals surface area contributed by atoms with E-state index in [2.05, 4.69) is 51.2 Å². The Morgan fingerprint density at radius 2 is 2.07 bits per heavy atom. The molecular formula is C15H22. The summed E-state index contributed by atoms with van der Waals surface area (Å²) in [6.45, 7) is 6.63. The Kier molecular flexibility index (Phi) is 5.17. The molecule has 15 heavy (non-hydrogen) atoms. The summed E-state index contributed by atoms with van der Waals surface area (Å²) in [4.78, 5) is 0. The Balaban J connectivity index is 2.78. The summed E-state index contributed by atoms with van der Waals surface area (Å²) in [7, 11) is 0. The first-order chi connectivity index (χ1) is 7.27. The third-order valence-corrected chi connectivity index (χ3v) is 2.93. The maximum absolute atomic E-state index is 2.30. The second-order valence-electron chi connectivity index (χ2n) is 4.07. The smallest absolute Gasteiger partial charge is 0.0241 e. The van der Waals surface area contributed by atoms with E-state index in [0.29, 0.717) is 0 Å². The highest BCUT2D eigenvalue weighted by molar-refractivity contribution is 5.38. The lowest BCUT2D eigenvalue weighted by atomic mass is 9.95. The van der Waals surface area contributed by atoms with Crippen LogP contribution in [0.1, 0.15) is 46.5 Å². The molecule has 0 aromatic carbocycles. The molecule has 0 nitrogen and oxygen atoms in total. The summed E-state index contributed by atoms with van der Waals surface area (Å²) < 4.78 is 0. The number of rotatable bonds is 4. The van der Waals surface area contributed by atoms with Crippen LogP contribution in [0.4, 0.5) is 0 Å². The average Bonchev–Trinajstić information content (AvgIpc) is 2.31. The molecule has 0 fully saturated rings. The molecule has 0 unspecified atom stereocenters. The Morgan fingerprint density at radius 1 is 1.27 bits per heavy atom. The molecule has 0 heteroatoms. The van der Waals surface area contributed by atoms with E-state index < -0.39 is 0 Å². The van der Waals surface area contributed by atoms with E-state index in [9.17, 15) is 0 Å². The van der Waals surface area contributed by atoms with Crippen molar-refractivity contribution in [3.8, 4) is 0 Å². The largest absolute Gasteiger partial charge is 0.0842 e. The van der Waals surface area contributed by atoms with Gasteiger partial charge < -0.3 is 0 Å². The predicted molar refractivity (Wildman–Crippen MR) is 68.9 cm³/mol. The highest BCUT2D eigenvalue weighted by Crippen LogP contribution is 2.22. The van der Waals surface area contributed by atoms with Gasteiger partial charge in [0.1, 0.15) is 0 Å².